The minimum absolute atomic E-state index is 0.356. The molecule has 2 rings (SSSR count). The summed E-state index contributed by atoms with van der Waals surface area (Å²) in [6.45, 7) is 7.75. The molecule has 2 unspecified atom stereocenters. The smallest absolute Gasteiger partial charge is 0.122 e. The van der Waals surface area contributed by atoms with Crippen LogP contribution >= 0.6 is 0 Å². The average Bonchev–Trinajstić information content (AvgIpc) is 2.86. The van der Waals surface area contributed by atoms with Gasteiger partial charge in [0.05, 0.1) is 6.10 Å². The fraction of sp³-hybridized carbons (Fsp3) is 0.600. The van der Waals surface area contributed by atoms with Gasteiger partial charge in [-0.3, -0.25) is 0 Å². The Labute approximate surface area is 109 Å². The van der Waals surface area contributed by atoms with Gasteiger partial charge in [-0.15, -0.1) is 0 Å². The summed E-state index contributed by atoms with van der Waals surface area (Å²) >= 11 is 0. The number of rotatable bonds is 5. The molecule has 1 N–H and O–H groups in total. The predicted molar refractivity (Wildman–Crippen MR) is 72.9 cm³/mol. The van der Waals surface area contributed by atoms with Crippen LogP contribution in [0.3, 0.4) is 0 Å². The largest absolute Gasteiger partial charge is 0.491 e. The summed E-state index contributed by atoms with van der Waals surface area (Å²) in [5.41, 5.74) is 1.12. The fourth-order valence-electron chi connectivity index (χ4n) is 2.49. The Morgan fingerprint density at radius 3 is 2.89 bits per heavy atom. The van der Waals surface area contributed by atoms with E-state index in [9.17, 15) is 5.11 Å². The Morgan fingerprint density at radius 1 is 1.44 bits per heavy atom. The van der Waals surface area contributed by atoms with Crippen LogP contribution in [0.4, 0.5) is 0 Å². The quantitative estimate of drug-likeness (QED) is 0.867. The van der Waals surface area contributed by atoms with Gasteiger partial charge in [-0.25, -0.2) is 0 Å². The van der Waals surface area contributed by atoms with Crippen molar-refractivity contribution >= 4 is 0 Å². The zero-order valence-corrected chi connectivity index (χ0v) is 11.3. The highest BCUT2D eigenvalue weighted by molar-refractivity contribution is 5.31. The molecule has 1 fully saturated rings. The molecule has 1 aliphatic heterocycles. The van der Waals surface area contributed by atoms with Crippen molar-refractivity contribution in [2.24, 2.45) is 5.92 Å². The van der Waals surface area contributed by atoms with E-state index in [0.29, 0.717) is 12.5 Å². The molecule has 0 aliphatic carbocycles. The van der Waals surface area contributed by atoms with Gasteiger partial charge in [-0.2, -0.15) is 0 Å². The van der Waals surface area contributed by atoms with Gasteiger partial charge in [0.15, 0.2) is 0 Å². The van der Waals surface area contributed by atoms with Crippen molar-refractivity contribution in [3.63, 3.8) is 0 Å². The lowest BCUT2D eigenvalue weighted by atomic mass is 10.0. The van der Waals surface area contributed by atoms with Crippen LogP contribution in [0.2, 0.25) is 0 Å². The van der Waals surface area contributed by atoms with Crippen LogP contribution in [-0.4, -0.2) is 42.4 Å². The van der Waals surface area contributed by atoms with Crippen molar-refractivity contribution in [2.75, 3.05) is 26.2 Å². The zero-order chi connectivity index (χ0) is 13.0. The molecule has 1 aliphatic rings. The lowest BCUT2D eigenvalue weighted by Gasteiger charge is -2.19. The van der Waals surface area contributed by atoms with E-state index >= 15 is 0 Å². The van der Waals surface area contributed by atoms with Gasteiger partial charge in [0.1, 0.15) is 12.4 Å². The second-order valence-electron chi connectivity index (χ2n) is 5.09. The van der Waals surface area contributed by atoms with Crippen LogP contribution in [0.5, 0.6) is 5.75 Å². The molecule has 0 saturated carbocycles. The number of nitrogens with zero attached hydrogens (tertiary/aromatic N) is 1. The number of aryl methyl sites for hydroxylation is 1. The van der Waals surface area contributed by atoms with Crippen molar-refractivity contribution in [3.8, 4) is 5.75 Å². The van der Waals surface area contributed by atoms with E-state index in [0.717, 1.165) is 37.4 Å². The summed E-state index contributed by atoms with van der Waals surface area (Å²) in [6.07, 6.45) is 0.715. The Kier molecular flexibility index (Phi) is 4.61. The minimum Gasteiger partial charge on any atom is -0.491 e. The van der Waals surface area contributed by atoms with Crippen LogP contribution in [0.15, 0.2) is 24.3 Å². The third kappa shape index (κ3) is 3.24. The second-order valence-corrected chi connectivity index (χ2v) is 5.09. The normalized spacial score (nSPS) is 22.1. The zero-order valence-electron chi connectivity index (χ0n) is 11.3. The summed E-state index contributed by atoms with van der Waals surface area (Å²) in [5.74, 6) is 1.23. The fourth-order valence-corrected chi connectivity index (χ4v) is 2.49. The molecule has 100 valence electrons. The first-order valence-electron chi connectivity index (χ1n) is 6.79. The van der Waals surface area contributed by atoms with Gasteiger partial charge in [0.25, 0.3) is 0 Å². The number of benzene rings is 1. The second kappa shape index (κ2) is 6.21. The van der Waals surface area contributed by atoms with E-state index in [1.807, 2.05) is 31.2 Å². The molecule has 1 aromatic rings. The number of aliphatic hydroxyl groups is 1. The van der Waals surface area contributed by atoms with Crippen molar-refractivity contribution in [2.45, 2.75) is 26.4 Å². The molecule has 0 amide bonds. The summed E-state index contributed by atoms with van der Waals surface area (Å²) in [4.78, 5) is 2.38. The molecule has 1 heterocycles. The van der Waals surface area contributed by atoms with Gasteiger partial charge in [-0.05, 0) is 38.1 Å². The van der Waals surface area contributed by atoms with Gasteiger partial charge in [0.2, 0.25) is 0 Å². The predicted octanol–water partition coefficient (Wildman–Crippen LogP) is 2.08. The van der Waals surface area contributed by atoms with Crippen LogP contribution in [0.25, 0.3) is 0 Å². The third-order valence-corrected chi connectivity index (χ3v) is 3.80. The molecule has 0 spiro atoms. The summed E-state index contributed by atoms with van der Waals surface area (Å²) in [6, 6.07) is 7.93. The molecule has 3 heteroatoms. The van der Waals surface area contributed by atoms with E-state index in [2.05, 4.69) is 11.8 Å². The molecular weight excluding hydrogens is 226 g/mol. The highest BCUT2D eigenvalue weighted by atomic mass is 16.5. The number of para-hydroxylation sites is 1. The van der Waals surface area contributed by atoms with Gasteiger partial charge >= 0.3 is 0 Å². The van der Waals surface area contributed by atoms with Gasteiger partial charge in [-0.1, -0.05) is 25.1 Å². The Hall–Kier alpha value is -1.06. The topological polar surface area (TPSA) is 32.7 Å². The summed E-state index contributed by atoms with van der Waals surface area (Å²) < 4.78 is 5.71. The van der Waals surface area contributed by atoms with Crippen molar-refractivity contribution in [1.82, 2.24) is 4.90 Å². The van der Waals surface area contributed by atoms with E-state index < -0.39 is 0 Å². The molecular formula is C15H23NO2. The van der Waals surface area contributed by atoms with Gasteiger partial charge < -0.3 is 14.7 Å². The molecule has 2 atom stereocenters. The average molecular weight is 249 g/mol. The first-order chi connectivity index (χ1) is 8.70. The molecule has 0 aromatic heterocycles. The lowest BCUT2D eigenvalue weighted by molar-refractivity contribution is 0.0597. The third-order valence-electron chi connectivity index (χ3n) is 3.80. The minimum atomic E-state index is -0.360. The van der Waals surface area contributed by atoms with Crippen molar-refractivity contribution in [1.29, 1.82) is 0 Å². The number of aliphatic hydroxyl groups excluding tert-OH is 1. The van der Waals surface area contributed by atoms with Crippen LogP contribution < -0.4 is 4.74 Å². The first kappa shape index (κ1) is 13.4. The number of likely N-dealkylation sites (tertiary alicyclic amines) is 1. The molecule has 0 radical (unpaired) electrons. The maximum Gasteiger partial charge on any atom is 0.122 e. The van der Waals surface area contributed by atoms with Gasteiger partial charge in [0, 0.05) is 12.5 Å². The Morgan fingerprint density at radius 2 is 2.22 bits per heavy atom. The highest BCUT2D eigenvalue weighted by Gasteiger charge is 2.27. The van der Waals surface area contributed by atoms with E-state index in [4.69, 9.17) is 4.74 Å². The summed E-state index contributed by atoms with van der Waals surface area (Å²) in [7, 11) is 0. The van der Waals surface area contributed by atoms with E-state index in [1.54, 1.807) is 0 Å². The van der Waals surface area contributed by atoms with Crippen molar-refractivity contribution < 1.29 is 9.84 Å². The molecule has 0 bridgehead atoms. The lowest BCUT2D eigenvalue weighted by Crippen LogP contribution is -2.30. The maximum absolute atomic E-state index is 10.2. The Bertz CT molecular complexity index is 381. The highest BCUT2D eigenvalue weighted by Crippen LogP contribution is 2.21. The van der Waals surface area contributed by atoms with Crippen LogP contribution in [0.1, 0.15) is 18.9 Å². The molecule has 1 aromatic carbocycles. The maximum atomic E-state index is 10.2. The SMILES string of the molecule is CCN1CCC(C(O)COc2ccccc2C)C1. The van der Waals surface area contributed by atoms with Crippen LogP contribution in [-0.2, 0) is 0 Å². The van der Waals surface area contributed by atoms with Crippen molar-refractivity contribution in [3.05, 3.63) is 29.8 Å². The molecule has 18 heavy (non-hydrogen) atoms. The first-order valence-corrected chi connectivity index (χ1v) is 6.79. The summed E-state index contributed by atoms with van der Waals surface area (Å²) in [5, 5.41) is 10.2. The molecule has 3 nitrogen and oxygen atoms in total. The standard InChI is InChI=1S/C15H23NO2/c1-3-16-9-8-13(10-16)14(17)11-18-15-7-5-4-6-12(15)2/h4-7,13-14,17H,3,8-11H2,1-2H3. The van der Waals surface area contributed by atoms with E-state index in [1.165, 1.54) is 0 Å². The van der Waals surface area contributed by atoms with Crippen LogP contribution in [0, 0.1) is 12.8 Å². The molecule has 1 saturated heterocycles. The number of ether oxygens (including phenoxy) is 1. The number of hydrogen-bond donors (Lipinski definition) is 1. The number of hydrogen-bond acceptors (Lipinski definition) is 3. The monoisotopic (exact) mass is 249 g/mol. The Balaban J connectivity index is 1.82. The van der Waals surface area contributed by atoms with E-state index in [-0.39, 0.29) is 6.10 Å².